The van der Waals surface area contributed by atoms with Gasteiger partial charge in [-0.2, -0.15) is 0 Å². The van der Waals surface area contributed by atoms with Crippen molar-refractivity contribution in [3.8, 4) is 0 Å². The Morgan fingerprint density at radius 2 is 2.10 bits per heavy atom. The van der Waals surface area contributed by atoms with Crippen LogP contribution in [-0.4, -0.2) is 17.5 Å². The van der Waals surface area contributed by atoms with E-state index in [1.165, 1.54) is 16.2 Å². The van der Waals surface area contributed by atoms with Crippen molar-refractivity contribution in [1.82, 2.24) is 5.32 Å². The Morgan fingerprint density at radius 1 is 1.40 bits per heavy atom. The zero-order valence-electron chi connectivity index (χ0n) is 12.6. The van der Waals surface area contributed by atoms with Crippen LogP contribution in [0.15, 0.2) is 12.1 Å². The molecule has 3 nitrogen and oxygen atoms in total. The molecule has 1 saturated carbocycles. The van der Waals surface area contributed by atoms with Gasteiger partial charge in [0.25, 0.3) is 0 Å². The van der Waals surface area contributed by atoms with Crippen LogP contribution in [0.25, 0.3) is 0 Å². The number of aryl methyl sites for hydroxylation is 1. The molecule has 112 valence electrons. The molecule has 1 amide bonds. The molecule has 0 radical (unpaired) electrons. The van der Waals surface area contributed by atoms with Crippen LogP contribution in [0.3, 0.4) is 0 Å². The van der Waals surface area contributed by atoms with Crippen LogP contribution in [0.2, 0.25) is 0 Å². The Labute approximate surface area is 125 Å². The van der Waals surface area contributed by atoms with Gasteiger partial charge in [0, 0.05) is 34.2 Å². The van der Waals surface area contributed by atoms with E-state index in [-0.39, 0.29) is 17.5 Å². The minimum absolute atomic E-state index is 0.107. The Morgan fingerprint density at radius 3 is 2.70 bits per heavy atom. The Hall–Kier alpha value is -0.870. The van der Waals surface area contributed by atoms with Crippen molar-refractivity contribution in [3.05, 3.63) is 21.9 Å². The first kappa shape index (κ1) is 15.5. The number of nitrogens with two attached hydrogens (primary N) is 1. The monoisotopic (exact) mass is 294 g/mol. The van der Waals surface area contributed by atoms with Gasteiger partial charge in [-0.05, 0) is 38.8 Å². The third-order valence-corrected chi connectivity index (χ3v) is 5.10. The topological polar surface area (TPSA) is 55.1 Å². The molecule has 0 spiro atoms. The maximum atomic E-state index is 12.1. The molecule has 1 atom stereocenters. The summed E-state index contributed by atoms with van der Waals surface area (Å²) in [6.45, 7) is 4.18. The number of amides is 1. The molecule has 20 heavy (non-hydrogen) atoms. The van der Waals surface area contributed by atoms with Crippen molar-refractivity contribution in [2.75, 3.05) is 0 Å². The van der Waals surface area contributed by atoms with Gasteiger partial charge < -0.3 is 11.1 Å². The molecule has 4 heteroatoms. The second kappa shape index (κ2) is 6.72. The number of carbonyl (C=O) groups is 1. The number of hydrogen-bond donors (Lipinski definition) is 2. The fourth-order valence-corrected chi connectivity index (χ4v) is 4.04. The molecule has 3 N–H and O–H groups in total. The van der Waals surface area contributed by atoms with E-state index >= 15 is 0 Å². The molecule has 2 rings (SSSR count). The van der Waals surface area contributed by atoms with Gasteiger partial charge in [0.1, 0.15) is 0 Å². The van der Waals surface area contributed by atoms with E-state index in [0.29, 0.717) is 6.42 Å². The molecule has 0 aliphatic heterocycles. The molecule has 1 aromatic heterocycles. The molecule has 1 aliphatic carbocycles. The summed E-state index contributed by atoms with van der Waals surface area (Å²) in [5.74, 6) is 0.107. The predicted octanol–water partition coefficient (Wildman–Crippen LogP) is 3.16. The van der Waals surface area contributed by atoms with Gasteiger partial charge in [-0.3, -0.25) is 4.79 Å². The van der Waals surface area contributed by atoms with E-state index in [0.717, 1.165) is 32.1 Å². The Kier molecular flexibility index (Phi) is 5.22. The summed E-state index contributed by atoms with van der Waals surface area (Å²) in [7, 11) is 0. The predicted molar refractivity (Wildman–Crippen MR) is 85.0 cm³/mol. The molecule has 1 aliphatic rings. The molecule has 1 fully saturated rings. The lowest BCUT2D eigenvalue weighted by atomic mass is 9.80. The van der Waals surface area contributed by atoms with Crippen molar-refractivity contribution < 1.29 is 4.79 Å². The zero-order chi connectivity index (χ0) is 14.6. The second-order valence-electron chi connectivity index (χ2n) is 6.28. The summed E-state index contributed by atoms with van der Waals surface area (Å²) >= 11 is 1.80. The van der Waals surface area contributed by atoms with Crippen LogP contribution < -0.4 is 11.1 Å². The molecular formula is C16H26N2OS. The van der Waals surface area contributed by atoms with Crippen LogP contribution in [-0.2, 0) is 11.2 Å². The normalized spacial score (nSPS) is 19.6. The van der Waals surface area contributed by atoms with E-state index in [1.807, 2.05) is 0 Å². The number of carbonyl (C=O) groups excluding carboxylic acids is 1. The maximum absolute atomic E-state index is 12.1. The lowest BCUT2D eigenvalue weighted by Crippen LogP contribution is -2.47. The van der Waals surface area contributed by atoms with E-state index < -0.39 is 0 Å². The summed E-state index contributed by atoms with van der Waals surface area (Å²) in [6.07, 6.45) is 6.93. The lowest BCUT2D eigenvalue weighted by molar-refractivity contribution is -0.123. The van der Waals surface area contributed by atoms with Gasteiger partial charge in [0.15, 0.2) is 0 Å². The van der Waals surface area contributed by atoms with E-state index in [4.69, 9.17) is 5.73 Å². The van der Waals surface area contributed by atoms with Crippen molar-refractivity contribution in [2.45, 2.75) is 70.4 Å². The maximum Gasteiger partial charge on any atom is 0.222 e. The zero-order valence-corrected chi connectivity index (χ0v) is 13.4. The highest BCUT2D eigenvalue weighted by molar-refractivity contribution is 7.11. The van der Waals surface area contributed by atoms with Gasteiger partial charge in [-0.25, -0.2) is 0 Å². The number of rotatable bonds is 5. The van der Waals surface area contributed by atoms with Crippen LogP contribution in [0.5, 0.6) is 0 Å². The first-order chi connectivity index (χ1) is 9.47. The van der Waals surface area contributed by atoms with Crippen LogP contribution in [0.1, 0.15) is 55.2 Å². The first-order valence-electron chi connectivity index (χ1n) is 7.60. The number of thiophene rings is 1. The molecule has 0 aromatic carbocycles. The van der Waals surface area contributed by atoms with Crippen molar-refractivity contribution in [3.63, 3.8) is 0 Å². The number of nitrogens with one attached hydrogen (secondary N) is 1. The summed E-state index contributed by atoms with van der Waals surface area (Å²) in [5.41, 5.74) is 6.07. The average Bonchev–Trinajstić information content (AvgIpc) is 2.74. The molecule has 0 saturated heterocycles. The molecule has 1 aromatic rings. The first-order valence-corrected chi connectivity index (χ1v) is 8.42. The fourth-order valence-electron chi connectivity index (χ4n) is 3.03. The lowest BCUT2D eigenvalue weighted by Gasteiger charge is -2.33. The summed E-state index contributed by atoms with van der Waals surface area (Å²) < 4.78 is 0. The average molecular weight is 294 g/mol. The Bertz CT molecular complexity index is 449. The number of hydrogen-bond acceptors (Lipinski definition) is 3. The van der Waals surface area contributed by atoms with Gasteiger partial charge >= 0.3 is 0 Å². The quantitative estimate of drug-likeness (QED) is 0.876. The highest BCUT2D eigenvalue weighted by atomic mass is 32.1. The van der Waals surface area contributed by atoms with Crippen LogP contribution in [0, 0.1) is 6.92 Å². The van der Waals surface area contributed by atoms with Gasteiger partial charge in [0.2, 0.25) is 5.91 Å². The van der Waals surface area contributed by atoms with Crippen molar-refractivity contribution >= 4 is 17.2 Å². The summed E-state index contributed by atoms with van der Waals surface area (Å²) in [5, 5.41) is 3.10. The summed E-state index contributed by atoms with van der Waals surface area (Å²) in [6, 6.07) is 4.45. The third kappa shape index (κ3) is 4.60. The molecular weight excluding hydrogens is 268 g/mol. The minimum Gasteiger partial charge on any atom is -0.353 e. The molecule has 1 unspecified atom stereocenters. The molecule has 1 heterocycles. The smallest absolute Gasteiger partial charge is 0.222 e. The highest BCUT2D eigenvalue weighted by Gasteiger charge is 2.30. The SMILES string of the molecule is Cc1ccc(CC(C)NC(=O)CC2(N)CCCCC2)s1. The van der Waals surface area contributed by atoms with Crippen LogP contribution in [0.4, 0.5) is 0 Å². The van der Waals surface area contributed by atoms with Gasteiger partial charge in [0.05, 0.1) is 0 Å². The van der Waals surface area contributed by atoms with Gasteiger partial charge in [-0.1, -0.05) is 19.3 Å². The Balaban J connectivity index is 1.78. The van der Waals surface area contributed by atoms with E-state index in [1.54, 1.807) is 11.3 Å². The molecule has 0 bridgehead atoms. The van der Waals surface area contributed by atoms with Crippen molar-refractivity contribution in [1.29, 1.82) is 0 Å². The second-order valence-corrected chi connectivity index (χ2v) is 7.66. The third-order valence-electron chi connectivity index (χ3n) is 4.07. The largest absolute Gasteiger partial charge is 0.353 e. The summed E-state index contributed by atoms with van der Waals surface area (Å²) in [4.78, 5) is 14.8. The van der Waals surface area contributed by atoms with Crippen molar-refractivity contribution in [2.24, 2.45) is 5.73 Å². The van der Waals surface area contributed by atoms with E-state index in [9.17, 15) is 4.79 Å². The minimum atomic E-state index is -0.262. The van der Waals surface area contributed by atoms with E-state index in [2.05, 4.69) is 31.3 Å². The standard InChI is InChI=1S/C16H26N2OS/c1-12(10-14-7-6-13(2)20-14)18-15(19)11-16(17)8-4-3-5-9-16/h6-7,12H,3-5,8-11,17H2,1-2H3,(H,18,19). The van der Waals surface area contributed by atoms with Crippen LogP contribution >= 0.6 is 11.3 Å². The fraction of sp³-hybridized carbons (Fsp3) is 0.688. The van der Waals surface area contributed by atoms with Gasteiger partial charge in [-0.15, -0.1) is 11.3 Å². The highest BCUT2D eigenvalue weighted by Crippen LogP contribution is 2.28.